The van der Waals surface area contributed by atoms with Crippen molar-refractivity contribution in [3.8, 4) is 0 Å². The summed E-state index contributed by atoms with van der Waals surface area (Å²) in [5, 5.41) is 0. The molecule has 7 heteroatoms. The predicted molar refractivity (Wildman–Crippen MR) is 83.4 cm³/mol. The SMILES string of the molecule is CO[Si](OC)OCCCCCCCCc1cc(F)c(F)cc1F. The number of aryl methyl sites for hydroxylation is 1. The molecule has 0 aliphatic heterocycles. The summed E-state index contributed by atoms with van der Waals surface area (Å²) in [6, 6.07) is 1.56. The number of hydrogen-bond donors (Lipinski definition) is 0. The summed E-state index contributed by atoms with van der Waals surface area (Å²) in [5.41, 5.74) is 0.242. The van der Waals surface area contributed by atoms with Crippen molar-refractivity contribution in [3.05, 3.63) is 35.1 Å². The quantitative estimate of drug-likeness (QED) is 0.320. The summed E-state index contributed by atoms with van der Waals surface area (Å²) < 4.78 is 54.7. The Balaban J connectivity index is 2.05. The highest BCUT2D eigenvalue weighted by molar-refractivity contribution is 6.36. The number of benzene rings is 1. The molecule has 3 nitrogen and oxygen atoms in total. The van der Waals surface area contributed by atoms with Gasteiger partial charge in [0.15, 0.2) is 11.6 Å². The Morgan fingerprint density at radius 3 is 2.00 bits per heavy atom. The van der Waals surface area contributed by atoms with E-state index in [4.69, 9.17) is 13.3 Å². The van der Waals surface area contributed by atoms with Gasteiger partial charge in [0.1, 0.15) is 5.82 Å². The van der Waals surface area contributed by atoms with Gasteiger partial charge in [0.25, 0.3) is 0 Å². The van der Waals surface area contributed by atoms with E-state index in [-0.39, 0.29) is 5.56 Å². The Bertz CT molecular complexity index is 456. The molecule has 0 saturated carbocycles. The van der Waals surface area contributed by atoms with E-state index in [1.54, 1.807) is 14.2 Å². The predicted octanol–water partition coefficient (Wildman–Crippen LogP) is 4.28. The standard InChI is InChI=1S/C16H24F3O3Si/c1-20-23(21-2)22-10-8-6-4-3-5-7-9-13-11-15(18)16(19)12-14(13)17/h11-12H,3-10H2,1-2H3. The molecule has 0 bridgehead atoms. The molecule has 0 fully saturated rings. The second-order valence-corrected chi connectivity index (χ2v) is 6.84. The van der Waals surface area contributed by atoms with Crippen LogP contribution < -0.4 is 0 Å². The lowest BCUT2D eigenvalue weighted by molar-refractivity contribution is 0.133. The van der Waals surface area contributed by atoms with Crippen molar-refractivity contribution in [3.63, 3.8) is 0 Å². The highest BCUT2D eigenvalue weighted by Gasteiger charge is 2.13. The average molecular weight is 349 g/mol. The lowest BCUT2D eigenvalue weighted by Crippen LogP contribution is -2.24. The summed E-state index contributed by atoms with van der Waals surface area (Å²) in [6.45, 7) is 0.621. The molecule has 1 aromatic rings. The number of rotatable bonds is 12. The van der Waals surface area contributed by atoms with E-state index in [9.17, 15) is 13.2 Å². The van der Waals surface area contributed by atoms with Crippen molar-refractivity contribution in [1.82, 2.24) is 0 Å². The van der Waals surface area contributed by atoms with Crippen LogP contribution in [0, 0.1) is 17.5 Å². The van der Waals surface area contributed by atoms with Gasteiger partial charge in [0.2, 0.25) is 0 Å². The highest BCUT2D eigenvalue weighted by atomic mass is 28.3. The number of hydrogen-bond acceptors (Lipinski definition) is 3. The topological polar surface area (TPSA) is 27.7 Å². The van der Waals surface area contributed by atoms with E-state index in [2.05, 4.69) is 0 Å². The third kappa shape index (κ3) is 7.96. The largest absolute Gasteiger partial charge is 0.577 e. The van der Waals surface area contributed by atoms with E-state index < -0.39 is 27.0 Å². The first-order valence-corrected chi connectivity index (χ1v) is 9.02. The Kier molecular flexibility index (Phi) is 10.2. The molecule has 1 aromatic carbocycles. The molecule has 0 aromatic heterocycles. The van der Waals surface area contributed by atoms with Crippen LogP contribution in [-0.4, -0.2) is 30.4 Å². The van der Waals surface area contributed by atoms with Gasteiger partial charge in [-0.25, -0.2) is 13.2 Å². The second kappa shape index (κ2) is 11.6. The normalized spacial score (nSPS) is 11.4. The fourth-order valence-electron chi connectivity index (χ4n) is 2.24. The summed E-state index contributed by atoms with van der Waals surface area (Å²) in [7, 11) is 1.57. The van der Waals surface area contributed by atoms with E-state index >= 15 is 0 Å². The Labute approximate surface area is 137 Å². The zero-order valence-corrected chi connectivity index (χ0v) is 14.7. The number of halogens is 3. The summed E-state index contributed by atoms with van der Waals surface area (Å²) in [6.07, 6.45) is 6.20. The highest BCUT2D eigenvalue weighted by Crippen LogP contribution is 2.17. The number of unbranched alkanes of at least 4 members (excludes halogenated alkanes) is 5. The van der Waals surface area contributed by atoms with Crippen molar-refractivity contribution >= 4 is 9.53 Å². The third-order valence-electron chi connectivity index (χ3n) is 3.48. The van der Waals surface area contributed by atoms with Gasteiger partial charge in [0.05, 0.1) is 0 Å². The molecule has 0 aliphatic carbocycles. The minimum absolute atomic E-state index is 0.242. The van der Waals surface area contributed by atoms with Crippen molar-refractivity contribution < 1.29 is 26.4 Å². The van der Waals surface area contributed by atoms with E-state index in [0.29, 0.717) is 19.1 Å². The van der Waals surface area contributed by atoms with E-state index in [0.717, 1.165) is 44.6 Å². The second-order valence-electron chi connectivity index (χ2n) is 5.24. The van der Waals surface area contributed by atoms with Gasteiger partial charge in [-0.05, 0) is 30.9 Å². The molecule has 0 saturated heterocycles. The van der Waals surface area contributed by atoms with Crippen LogP contribution in [0.25, 0.3) is 0 Å². The van der Waals surface area contributed by atoms with Crippen LogP contribution in [0.3, 0.4) is 0 Å². The molecular weight excluding hydrogens is 325 g/mol. The zero-order valence-electron chi connectivity index (χ0n) is 13.7. The fraction of sp³-hybridized carbons (Fsp3) is 0.625. The van der Waals surface area contributed by atoms with Crippen LogP contribution in [0.4, 0.5) is 13.2 Å². The Morgan fingerprint density at radius 2 is 1.35 bits per heavy atom. The first kappa shape index (κ1) is 20.2. The van der Waals surface area contributed by atoms with E-state index in [1.165, 1.54) is 0 Å². The summed E-state index contributed by atoms with van der Waals surface area (Å²) in [4.78, 5) is 0. The molecule has 1 radical (unpaired) electrons. The maximum atomic E-state index is 13.4. The van der Waals surface area contributed by atoms with Crippen molar-refractivity contribution in [1.29, 1.82) is 0 Å². The lowest BCUT2D eigenvalue weighted by atomic mass is 10.0. The van der Waals surface area contributed by atoms with Crippen LogP contribution in [0.15, 0.2) is 12.1 Å². The molecule has 0 aliphatic rings. The molecule has 131 valence electrons. The van der Waals surface area contributed by atoms with Gasteiger partial charge in [-0.2, -0.15) is 0 Å². The van der Waals surface area contributed by atoms with Gasteiger partial charge in [-0.1, -0.05) is 25.7 Å². The van der Waals surface area contributed by atoms with Crippen LogP contribution in [0.2, 0.25) is 0 Å². The average Bonchev–Trinajstić information content (AvgIpc) is 2.54. The maximum absolute atomic E-state index is 13.4. The molecule has 0 atom stereocenters. The molecular formula is C16H24F3O3Si. The van der Waals surface area contributed by atoms with Gasteiger partial charge in [-0.3, -0.25) is 0 Å². The third-order valence-corrected chi connectivity index (χ3v) is 4.59. The monoisotopic (exact) mass is 349 g/mol. The van der Waals surface area contributed by atoms with Crippen LogP contribution in [-0.2, 0) is 19.7 Å². The molecule has 23 heavy (non-hydrogen) atoms. The van der Waals surface area contributed by atoms with Crippen LogP contribution in [0.5, 0.6) is 0 Å². The van der Waals surface area contributed by atoms with Crippen molar-refractivity contribution in [2.75, 3.05) is 20.8 Å². The van der Waals surface area contributed by atoms with Gasteiger partial charge < -0.3 is 13.3 Å². The smallest absolute Gasteiger partial charge is 0.375 e. The molecule has 0 spiro atoms. The fourth-order valence-corrected chi connectivity index (χ4v) is 2.95. The Hall–Kier alpha value is -0.893. The van der Waals surface area contributed by atoms with Crippen LogP contribution >= 0.6 is 0 Å². The molecule has 1 rings (SSSR count). The molecule has 0 unspecified atom stereocenters. The first-order valence-electron chi connectivity index (χ1n) is 7.79. The zero-order chi connectivity index (χ0) is 17.1. The molecule has 0 heterocycles. The summed E-state index contributed by atoms with van der Waals surface area (Å²) in [5.74, 6) is -2.80. The van der Waals surface area contributed by atoms with Crippen molar-refractivity contribution in [2.45, 2.75) is 44.9 Å². The maximum Gasteiger partial charge on any atom is 0.577 e. The van der Waals surface area contributed by atoms with Crippen LogP contribution in [0.1, 0.15) is 44.1 Å². The van der Waals surface area contributed by atoms with Gasteiger partial charge >= 0.3 is 9.53 Å². The molecule has 0 N–H and O–H groups in total. The minimum atomic E-state index is -1.56. The Morgan fingerprint density at radius 1 is 0.783 bits per heavy atom. The minimum Gasteiger partial charge on any atom is -0.375 e. The van der Waals surface area contributed by atoms with Crippen molar-refractivity contribution in [2.24, 2.45) is 0 Å². The molecule has 0 amide bonds. The first-order chi connectivity index (χ1) is 11.1. The van der Waals surface area contributed by atoms with Gasteiger partial charge in [-0.15, -0.1) is 0 Å². The van der Waals surface area contributed by atoms with E-state index in [1.807, 2.05) is 0 Å². The lowest BCUT2D eigenvalue weighted by Gasteiger charge is -2.09. The van der Waals surface area contributed by atoms with Gasteiger partial charge in [0, 0.05) is 26.9 Å². The summed E-state index contributed by atoms with van der Waals surface area (Å²) >= 11 is 0.